The zero-order valence-corrected chi connectivity index (χ0v) is 10.4. The molecule has 1 aliphatic rings. The van der Waals surface area contributed by atoms with Crippen LogP contribution in [0.5, 0.6) is 0 Å². The van der Waals surface area contributed by atoms with Gasteiger partial charge in [-0.05, 0) is 18.6 Å². The Morgan fingerprint density at radius 1 is 1.44 bits per heavy atom. The molecule has 0 bridgehead atoms. The highest BCUT2D eigenvalue weighted by atomic mass is 32.2. The number of aromatic nitrogens is 2. The molecule has 1 fully saturated rings. The Labute approximate surface area is 104 Å². The molecule has 94 valence electrons. The zero-order valence-electron chi connectivity index (χ0n) is 9.61. The summed E-state index contributed by atoms with van der Waals surface area (Å²) in [5, 5.41) is 0. The number of imidazole rings is 1. The van der Waals surface area contributed by atoms with Gasteiger partial charge in [0.1, 0.15) is 5.82 Å². The smallest absolute Gasteiger partial charge is 0.152 e. The predicted octanol–water partition coefficient (Wildman–Crippen LogP) is 1.05. The molecular weight excluding hydrogens is 252 g/mol. The van der Waals surface area contributed by atoms with Crippen LogP contribution in [0, 0.1) is 0 Å². The second-order valence-electron chi connectivity index (χ2n) is 4.55. The van der Waals surface area contributed by atoms with Gasteiger partial charge in [0, 0.05) is 17.7 Å². The van der Waals surface area contributed by atoms with E-state index in [4.69, 9.17) is 0 Å². The summed E-state index contributed by atoms with van der Waals surface area (Å²) in [5.74, 6) is 1.03. The Balaban J connectivity index is 2.12. The van der Waals surface area contributed by atoms with Gasteiger partial charge in [-0.25, -0.2) is 13.4 Å². The number of fused-ring (bicyclic) bond motifs is 1. The van der Waals surface area contributed by atoms with Crippen LogP contribution in [0.1, 0.15) is 28.5 Å². The Hall–Kier alpha value is -1.69. The Morgan fingerprint density at radius 3 is 2.94 bits per heavy atom. The first-order valence-electron chi connectivity index (χ1n) is 5.72. The van der Waals surface area contributed by atoms with Crippen molar-refractivity contribution in [2.24, 2.45) is 0 Å². The third kappa shape index (κ3) is 1.73. The van der Waals surface area contributed by atoms with Gasteiger partial charge in [0.25, 0.3) is 0 Å². The minimum absolute atomic E-state index is 0.0700. The number of carbonyl (C=O) groups excluding carboxylic acids is 1. The van der Waals surface area contributed by atoms with Crippen molar-refractivity contribution >= 4 is 21.6 Å². The monoisotopic (exact) mass is 264 g/mol. The number of hydrogen-bond acceptors (Lipinski definition) is 4. The van der Waals surface area contributed by atoms with E-state index in [1.807, 2.05) is 10.6 Å². The van der Waals surface area contributed by atoms with Gasteiger partial charge in [0.05, 0.1) is 23.2 Å². The molecule has 0 amide bonds. The quantitative estimate of drug-likeness (QED) is 0.760. The number of nitrogens with zero attached hydrogens (tertiary/aromatic N) is 2. The third-order valence-corrected chi connectivity index (χ3v) is 5.12. The molecule has 1 unspecified atom stereocenters. The van der Waals surface area contributed by atoms with E-state index in [-0.39, 0.29) is 17.4 Å². The molecule has 2 aromatic rings. The standard InChI is InChI=1S/C12H12N2O3S/c15-7-9-2-1-4-14-11(9)6-13-12(14)10-3-5-18(16,17)8-10/h1-2,4,6-7,10H,3,5,8H2. The van der Waals surface area contributed by atoms with Crippen LogP contribution in [0.15, 0.2) is 24.5 Å². The molecule has 6 heteroatoms. The van der Waals surface area contributed by atoms with Gasteiger partial charge in [-0.3, -0.25) is 4.79 Å². The molecule has 0 spiro atoms. The maximum absolute atomic E-state index is 11.5. The first kappa shape index (κ1) is 11.4. The van der Waals surface area contributed by atoms with Gasteiger partial charge >= 0.3 is 0 Å². The van der Waals surface area contributed by atoms with Crippen molar-refractivity contribution in [2.45, 2.75) is 12.3 Å². The molecular formula is C12H12N2O3S. The molecule has 1 atom stereocenters. The lowest BCUT2D eigenvalue weighted by molar-refractivity contribution is 0.112. The van der Waals surface area contributed by atoms with Gasteiger partial charge in [0.2, 0.25) is 0 Å². The summed E-state index contributed by atoms with van der Waals surface area (Å²) in [6.07, 6.45) is 4.83. The van der Waals surface area contributed by atoms with E-state index < -0.39 is 9.84 Å². The van der Waals surface area contributed by atoms with Crippen molar-refractivity contribution in [1.29, 1.82) is 0 Å². The molecule has 1 saturated heterocycles. The third-order valence-electron chi connectivity index (χ3n) is 3.36. The Kier molecular flexibility index (Phi) is 2.48. The van der Waals surface area contributed by atoms with Crippen molar-refractivity contribution < 1.29 is 13.2 Å². The average Bonchev–Trinajstić information content (AvgIpc) is 2.91. The number of sulfone groups is 1. The highest BCUT2D eigenvalue weighted by molar-refractivity contribution is 7.91. The van der Waals surface area contributed by atoms with Crippen LogP contribution in [-0.2, 0) is 9.84 Å². The molecule has 0 N–H and O–H groups in total. The minimum atomic E-state index is -2.93. The summed E-state index contributed by atoms with van der Waals surface area (Å²) in [4.78, 5) is 15.2. The molecule has 1 aliphatic heterocycles. The second kappa shape index (κ2) is 3.91. The van der Waals surface area contributed by atoms with Crippen molar-refractivity contribution in [3.05, 3.63) is 35.9 Å². The van der Waals surface area contributed by atoms with Crippen LogP contribution in [0.3, 0.4) is 0 Å². The largest absolute Gasteiger partial charge is 0.303 e. The van der Waals surface area contributed by atoms with Gasteiger partial charge in [-0.2, -0.15) is 0 Å². The van der Waals surface area contributed by atoms with Crippen LogP contribution in [-0.4, -0.2) is 35.6 Å². The summed E-state index contributed by atoms with van der Waals surface area (Å²) >= 11 is 0. The van der Waals surface area contributed by atoms with Gasteiger partial charge in [-0.1, -0.05) is 0 Å². The zero-order chi connectivity index (χ0) is 12.8. The van der Waals surface area contributed by atoms with Crippen molar-refractivity contribution in [3.63, 3.8) is 0 Å². The van der Waals surface area contributed by atoms with Crippen molar-refractivity contribution in [3.8, 4) is 0 Å². The lowest BCUT2D eigenvalue weighted by Gasteiger charge is -2.07. The van der Waals surface area contributed by atoms with Gasteiger partial charge in [0.15, 0.2) is 16.1 Å². The maximum atomic E-state index is 11.5. The number of pyridine rings is 1. The van der Waals surface area contributed by atoms with Gasteiger partial charge in [-0.15, -0.1) is 0 Å². The normalized spacial score (nSPS) is 22.3. The van der Waals surface area contributed by atoms with Crippen molar-refractivity contribution in [1.82, 2.24) is 9.38 Å². The molecule has 0 saturated carbocycles. The van der Waals surface area contributed by atoms with E-state index >= 15 is 0 Å². The Morgan fingerprint density at radius 2 is 2.28 bits per heavy atom. The van der Waals surface area contributed by atoms with Crippen LogP contribution >= 0.6 is 0 Å². The molecule has 5 nitrogen and oxygen atoms in total. The number of carbonyl (C=O) groups is 1. The number of aldehydes is 1. The summed E-state index contributed by atoms with van der Waals surface area (Å²) < 4.78 is 24.8. The number of hydrogen-bond donors (Lipinski definition) is 0. The summed E-state index contributed by atoms with van der Waals surface area (Å²) in [6.45, 7) is 0. The predicted molar refractivity (Wildman–Crippen MR) is 66.6 cm³/mol. The molecule has 0 aromatic carbocycles. The molecule has 0 radical (unpaired) electrons. The molecule has 2 aromatic heterocycles. The fourth-order valence-corrected chi connectivity index (χ4v) is 4.20. The first-order chi connectivity index (χ1) is 8.61. The minimum Gasteiger partial charge on any atom is -0.303 e. The molecule has 18 heavy (non-hydrogen) atoms. The second-order valence-corrected chi connectivity index (χ2v) is 6.78. The average molecular weight is 264 g/mol. The van der Waals surface area contributed by atoms with Crippen LogP contribution in [0.4, 0.5) is 0 Å². The van der Waals surface area contributed by atoms with Crippen molar-refractivity contribution in [2.75, 3.05) is 11.5 Å². The molecule has 3 rings (SSSR count). The van der Waals surface area contributed by atoms with E-state index in [1.165, 1.54) is 0 Å². The maximum Gasteiger partial charge on any atom is 0.152 e. The number of rotatable bonds is 2. The fourth-order valence-electron chi connectivity index (χ4n) is 2.46. The van der Waals surface area contributed by atoms with E-state index in [9.17, 15) is 13.2 Å². The van der Waals surface area contributed by atoms with E-state index in [0.717, 1.165) is 17.6 Å². The fraction of sp³-hybridized carbons (Fsp3) is 0.333. The highest BCUT2D eigenvalue weighted by Crippen LogP contribution is 2.28. The highest BCUT2D eigenvalue weighted by Gasteiger charge is 2.31. The van der Waals surface area contributed by atoms with Crippen LogP contribution in [0.2, 0.25) is 0 Å². The lowest BCUT2D eigenvalue weighted by atomic mass is 10.1. The van der Waals surface area contributed by atoms with Gasteiger partial charge < -0.3 is 4.40 Å². The molecule has 3 heterocycles. The lowest BCUT2D eigenvalue weighted by Crippen LogP contribution is -2.07. The Bertz CT molecular complexity index is 718. The van der Waals surface area contributed by atoms with Crippen LogP contribution in [0.25, 0.3) is 5.52 Å². The van der Waals surface area contributed by atoms with E-state index in [1.54, 1.807) is 18.3 Å². The first-order valence-corrected chi connectivity index (χ1v) is 7.54. The van der Waals surface area contributed by atoms with Crippen LogP contribution < -0.4 is 0 Å². The summed E-state index contributed by atoms with van der Waals surface area (Å²) in [6, 6.07) is 3.49. The topological polar surface area (TPSA) is 68.5 Å². The molecule has 0 aliphatic carbocycles. The summed E-state index contributed by atoms with van der Waals surface area (Å²) in [7, 11) is -2.93. The summed E-state index contributed by atoms with van der Waals surface area (Å²) in [5.41, 5.74) is 1.30. The van der Waals surface area contributed by atoms with E-state index in [2.05, 4.69) is 4.98 Å². The SMILES string of the molecule is O=Cc1cccn2c(C3CCS(=O)(=O)C3)ncc12. The van der Waals surface area contributed by atoms with E-state index in [0.29, 0.717) is 12.0 Å².